The topological polar surface area (TPSA) is 41.6 Å². The number of nitrogens with one attached hydrogen (secondary N) is 1. The maximum absolute atomic E-state index is 12.5. The molecule has 4 heteroatoms. The monoisotopic (exact) mass is 346 g/mol. The van der Waals surface area contributed by atoms with Crippen molar-refractivity contribution in [3.63, 3.8) is 0 Å². The van der Waals surface area contributed by atoms with E-state index in [9.17, 15) is 4.79 Å². The second-order valence-corrected chi connectivity index (χ2v) is 7.37. The van der Waals surface area contributed by atoms with E-state index in [1.807, 2.05) is 13.8 Å². The summed E-state index contributed by atoms with van der Waals surface area (Å²) in [6, 6.07) is 4.18. The van der Waals surface area contributed by atoms with Crippen molar-refractivity contribution in [3.8, 4) is 0 Å². The average molecular weight is 347 g/mol. The Morgan fingerprint density at radius 3 is 2.32 bits per heavy atom. The van der Waals surface area contributed by atoms with Crippen LogP contribution in [0.25, 0.3) is 0 Å². The first-order valence-electron chi connectivity index (χ1n) is 9.72. The summed E-state index contributed by atoms with van der Waals surface area (Å²) in [7, 11) is 0. The SMILES string of the molecule is CCN(CC)C[C@@H]1CCCC[C@H]1OC(=O)Nc1c(C)cc(C)cc1C. The van der Waals surface area contributed by atoms with E-state index in [1.165, 1.54) is 12.0 Å². The number of aryl methyl sites for hydroxylation is 3. The summed E-state index contributed by atoms with van der Waals surface area (Å²) in [5, 5.41) is 2.98. The largest absolute Gasteiger partial charge is 0.446 e. The van der Waals surface area contributed by atoms with Crippen molar-refractivity contribution < 1.29 is 9.53 Å². The number of nitrogens with zero attached hydrogens (tertiary/aromatic N) is 1. The zero-order chi connectivity index (χ0) is 18.4. The summed E-state index contributed by atoms with van der Waals surface area (Å²) in [5.41, 5.74) is 4.25. The fourth-order valence-corrected chi connectivity index (χ4v) is 4.00. The van der Waals surface area contributed by atoms with Gasteiger partial charge in [-0.2, -0.15) is 0 Å². The molecular formula is C21H34N2O2. The first kappa shape index (κ1) is 19.8. The molecule has 1 amide bonds. The summed E-state index contributed by atoms with van der Waals surface area (Å²) in [6.07, 6.45) is 4.23. The molecule has 1 saturated carbocycles. The van der Waals surface area contributed by atoms with Crippen LogP contribution in [0.3, 0.4) is 0 Å². The minimum absolute atomic E-state index is 0.0282. The third kappa shape index (κ3) is 5.46. The van der Waals surface area contributed by atoms with E-state index in [0.717, 1.165) is 55.7 Å². The normalized spacial score (nSPS) is 20.6. The van der Waals surface area contributed by atoms with Crippen molar-refractivity contribution >= 4 is 11.8 Å². The number of hydrogen-bond donors (Lipinski definition) is 1. The Balaban J connectivity index is 2.00. The highest BCUT2D eigenvalue weighted by Gasteiger charge is 2.29. The molecule has 0 heterocycles. The second-order valence-electron chi connectivity index (χ2n) is 7.37. The Bertz CT molecular complexity index is 558. The van der Waals surface area contributed by atoms with E-state index in [1.54, 1.807) is 0 Å². The van der Waals surface area contributed by atoms with Crippen LogP contribution in [-0.2, 0) is 4.74 Å². The molecule has 1 N–H and O–H groups in total. The number of benzene rings is 1. The highest BCUT2D eigenvalue weighted by Crippen LogP contribution is 2.29. The van der Waals surface area contributed by atoms with Gasteiger partial charge in [-0.25, -0.2) is 4.79 Å². The number of amides is 1. The highest BCUT2D eigenvalue weighted by molar-refractivity contribution is 5.87. The van der Waals surface area contributed by atoms with Crippen LogP contribution in [0.1, 0.15) is 56.2 Å². The number of anilines is 1. The van der Waals surface area contributed by atoms with Gasteiger partial charge in [-0.3, -0.25) is 5.32 Å². The quantitative estimate of drug-likeness (QED) is 0.782. The molecule has 1 aromatic carbocycles. The van der Waals surface area contributed by atoms with Crippen molar-refractivity contribution in [1.29, 1.82) is 0 Å². The minimum atomic E-state index is -0.313. The van der Waals surface area contributed by atoms with E-state index in [2.05, 4.69) is 43.1 Å². The molecule has 0 saturated heterocycles. The molecule has 2 atom stereocenters. The van der Waals surface area contributed by atoms with E-state index < -0.39 is 0 Å². The molecule has 1 fully saturated rings. The van der Waals surface area contributed by atoms with Gasteiger partial charge in [0.25, 0.3) is 0 Å². The van der Waals surface area contributed by atoms with Gasteiger partial charge < -0.3 is 9.64 Å². The third-order valence-corrected chi connectivity index (χ3v) is 5.39. The summed E-state index contributed by atoms with van der Waals surface area (Å²) in [5.74, 6) is 0.444. The number of rotatable bonds is 6. The lowest BCUT2D eigenvalue weighted by atomic mass is 9.86. The van der Waals surface area contributed by atoms with Gasteiger partial charge in [0.1, 0.15) is 6.10 Å². The van der Waals surface area contributed by atoms with Crippen LogP contribution in [-0.4, -0.2) is 36.7 Å². The maximum atomic E-state index is 12.5. The van der Waals surface area contributed by atoms with E-state index >= 15 is 0 Å². The summed E-state index contributed by atoms with van der Waals surface area (Å²) >= 11 is 0. The van der Waals surface area contributed by atoms with Gasteiger partial charge in [0.2, 0.25) is 0 Å². The average Bonchev–Trinajstić information content (AvgIpc) is 2.57. The van der Waals surface area contributed by atoms with Crippen LogP contribution in [0.5, 0.6) is 0 Å². The van der Waals surface area contributed by atoms with E-state index in [-0.39, 0.29) is 12.2 Å². The summed E-state index contributed by atoms with van der Waals surface area (Å²) < 4.78 is 5.86. The van der Waals surface area contributed by atoms with Crippen molar-refractivity contribution in [2.24, 2.45) is 5.92 Å². The zero-order valence-corrected chi connectivity index (χ0v) is 16.5. The van der Waals surface area contributed by atoms with Crippen LogP contribution < -0.4 is 5.32 Å². The zero-order valence-electron chi connectivity index (χ0n) is 16.5. The predicted octanol–water partition coefficient (Wildman–Crippen LogP) is 5.06. The fraction of sp³-hybridized carbons (Fsp3) is 0.667. The van der Waals surface area contributed by atoms with E-state index in [0.29, 0.717) is 5.92 Å². The molecule has 0 radical (unpaired) electrons. The maximum Gasteiger partial charge on any atom is 0.411 e. The van der Waals surface area contributed by atoms with Crippen LogP contribution in [0, 0.1) is 26.7 Å². The number of ether oxygens (including phenoxy) is 1. The van der Waals surface area contributed by atoms with Gasteiger partial charge in [0.05, 0.1) is 0 Å². The molecule has 1 aromatic rings. The molecule has 2 rings (SSSR count). The van der Waals surface area contributed by atoms with Crippen LogP contribution in [0.2, 0.25) is 0 Å². The lowest BCUT2D eigenvalue weighted by Crippen LogP contribution is -2.39. The van der Waals surface area contributed by atoms with Crippen molar-refractivity contribution in [2.75, 3.05) is 25.0 Å². The third-order valence-electron chi connectivity index (χ3n) is 5.39. The van der Waals surface area contributed by atoms with Gasteiger partial charge in [-0.15, -0.1) is 0 Å². The van der Waals surface area contributed by atoms with Crippen molar-refractivity contribution in [3.05, 3.63) is 28.8 Å². The molecule has 140 valence electrons. The van der Waals surface area contributed by atoms with E-state index in [4.69, 9.17) is 4.74 Å². The molecule has 1 aliphatic carbocycles. The molecular weight excluding hydrogens is 312 g/mol. The fourth-order valence-electron chi connectivity index (χ4n) is 4.00. The standard InChI is InChI=1S/C21H34N2O2/c1-6-23(7-2)14-18-10-8-9-11-19(18)25-21(24)22-20-16(4)12-15(3)13-17(20)5/h12-13,18-19H,6-11,14H2,1-5H3,(H,22,24)/t18-,19+/m0/s1. The molecule has 0 unspecified atom stereocenters. The lowest BCUT2D eigenvalue weighted by Gasteiger charge is -2.34. The van der Waals surface area contributed by atoms with Crippen LogP contribution >= 0.6 is 0 Å². The molecule has 1 aliphatic rings. The van der Waals surface area contributed by atoms with Crippen LogP contribution in [0.15, 0.2) is 12.1 Å². The number of carbonyl (C=O) groups excluding carboxylic acids is 1. The molecule has 4 nitrogen and oxygen atoms in total. The molecule has 0 spiro atoms. The molecule has 0 bridgehead atoms. The highest BCUT2D eigenvalue weighted by atomic mass is 16.6. The Morgan fingerprint density at radius 1 is 1.12 bits per heavy atom. The first-order chi connectivity index (χ1) is 11.9. The van der Waals surface area contributed by atoms with Crippen molar-refractivity contribution in [2.45, 2.75) is 66.4 Å². The van der Waals surface area contributed by atoms with Crippen LogP contribution in [0.4, 0.5) is 10.5 Å². The van der Waals surface area contributed by atoms with Gasteiger partial charge in [0, 0.05) is 18.2 Å². The Morgan fingerprint density at radius 2 is 1.72 bits per heavy atom. The Labute approximate surface area is 152 Å². The van der Waals surface area contributed by atoms with Gasteiger partial charge >= 0.3 is 6.09 Å². The molecule has 0 aromatic heterocycles. The van der Waals surface area contributed by atoms with Gasteiger partial charge in [0.15, 0.2) is 0 Å². The molecule has 0 aliphatic heterocycles. The van der Waals surface area contributed by atoms with Crippen molar-refractivity contribution in [1.82, 2.24) is 4.90 Å². The summed E-state index contributed by atoms with van der Waals surface area (Å²) in [6.45, 7) is 13.6. The number of carbonyl (C=O) groups is 1. The second kappa shape index (κ2) is 9.23. The minimum Gasteiger partial charge on any atom is -0.446 e. The first-order valence-corrected chi connectivity index (χ1v) is 9.72. The lowest BCUT2D eigenvalue weighted by molar-refractivity contribution is 0.0309. The summed E-state index contributed by atoms with van der Waals surface area (Å²) in [4.78, 5) is 14.9. The van der Waals surface area contributed by atoms with Gasteiger partial charge in [-0.1, -0.05) is 38.0 Å². The number of hydrogen-bond acceptors (Lipinski definition) is 3. The Kier molecular flexibility index (Phi) is 7.30. The van der Waals surface area contributed by atoms with Gasteiger partial charge in [-0.05, 0) is 64.3 Å². The Hall–Kier alpha value is -1.55. The smallest absolute Gasteiger partial charge is 0.411 e. The molecule has 25 heavy (non-hydrogen) atoms. The predicted molar refractivity (Wildman–Crippen MR) is 104 cm³/mol.